The molecule has 0 atom stereocenters. The highest BCUT2D eigenvalue weighted by atomic mass is 16.3. The van der Waals surface area contributed by atoms with E-state index < -0.39 is 0 Å². The molecular formula is C24H28N4O. The van der Waals surface area contributed by atoms with Crippen LogP contribution in [0.4, 0.5) is 0 Å². The summed E-state index contributed by atoms with van der Waals surface area (Å²) in [5.74, 6) is 0.814. The molecule has 2 aliphatic heterocycles. The van der Waals surface area contributed by atoms with Crippen molar-refractivity contribution < 1.29 is 4.42 Å². The highest BCUT2D eigenvalue weighted by Gasteiger charge is 2.13. The molecule has 5 heteroatoms. The van der Waals surface area contributed by atoms with Crippen molar-refractivity contribution in [2.75, 3.05) is 32.7 Å². The lowest BCUT2D eigenvalue weighted by molar-refractivity contribution is 0.330. The summed E-state index contributed by atoms with van der Waals surface area (Å²) in [4.78, 5) is 7.12. The molecule has 0 bridgehead atoms. The first kappa shape index (κ1) is 19.6. The average Bonchev–Trinajstić information content (AvgIpc) is 3.55. The maximum absolute atomic E-state index is 8.90. The molecule has 0 aliphatic carbocycles. The Morgan fingerprint density at radius 2 is 1.69 bits per heavy atom. The maximum Gasteiger partial charge on any atom is 0.196 e. The number of fused-ring (bicyclic) bond motifs is 1. The van der Waals surface area contributed by atoms with Gasteiger partial charge in [-0.15, -0.1) is 0 Å². The minimum atomic E-state index is 0.672. The zero-order chi connectivity index (χ0) is 19.9. The number of hydrogen-bond acceptors (Lipinski definition) is 5. The smallest absolute Gasteiger partial charge is 0.196 e. The number of rotatable bonds is 4. The van der Waals surface area contributed by atoms with Crippen molar-refractivity contribution in [2.45, 2.75) is 32.1 Å². The predicted octanol–water partition coefficient (Wildman–Crippen LogP) is 4.37. The summed E-state index contributed by atoms with van der Waals surface area (Å²) in [5, 5.41) is 12.1. The second-order valence-electron chi connectivity index (χ2n) is 7.74. The lowest BCUT2D eigenvalue weighted by Crippen LogP contribution is -2.21. The van der Waals surface area contributed by atoms with E-state index in [0.717, 1.165) is 41.1 Å². The van der Waals surface area contributed by atoms with E-state index in [9.17, 15) is 0 Å². The van der Waals surface area contributed by atoms with Crippen LogP contribution in [0.25, 0.3) is 22.2 Å². The van der Waals surface area contributed by atoms with E-state index in [0.29, 0.717) is 5.56 Å². The van der Waals surface area contributed by atoms with Gasteiger partial charge >= 0.3 is 0 Å². The maximum atomic E-state index is 8.90. The van der Waals surface area contributed by atoms with Crippen LogP contribution in [-0.4, -0.2) is 42.6 Å². The molecule has 1 N–H and O–H groups in total. The normalized spacial score (nSPS) is 16.5. The first-order chi connectivity index (χ1) is 14.3. The van der Waals surface area contributed by atoms with Gasteiger partial charge in [0, 0.05) is 13.0 Å². The second-order valence-corrected chi connectivity index (χ2v) is 7.74. The van der Waals surface area contributed by atoms with Gasteiger partial charge in [0.05, 0.1) is 11.6 Å². The topological polar surface area (TPSA) is 65.1 Å². The molecule has 29 heavy (non-hydrogen) atoms. The Hall–Kier alpha value is -2.68. The quantitative estimate of drug-likeness (QED) is 0.719. The van der Waals surface area contributed by atoms with Gasteiger partial charge in [0.15, 0.2) is 11.5 Å². The Morgan fingerprint density at radius 1 is 0.966 bits per heavy atom. The number of likely N-dealkylation sites (tertiary alicyclic amines) is 1. The molecule has 150 valence electrons. The molecule has 3 heterocycles. The first-order valence-corrected chi connectivity index (χ1v) is 10.6. The molecule has 0 radical (unpaired) electrons. The van der Waals surface area contributed by atoms with Gasteiger partial charge in [-0.05, 0) is 87.3 Å². The summed E-state index contributed by atoms with van der Waals surface area (Å²) in [6.07, 6.45) is 6.25. The summed E-state index contributed by atoms with van der Waals surface area (Å²) in [6, 6.07) is 15.8. The molecule has 2 aliphatic rings. The van der Waals surface area contributed by atoms with Gasteiger partial charge in [-0.25, -0.2) is 4.98 Å². The molecule has 2 saturated heterocycles. The third-order valence-electron chi connectivity index (χ3n) is 5.58. The van der Waals surface area contributed by atoms with Crippen LogP contribution in [0.15, 0.2) is 46.9 Å². The Labute approximate surface area is 172 Å². The molecule has 1 aromatic heterocycles. The molecule has 2 aromatic carbocycles. The summed E-state index contributed by atoms with van der Waals surface area (Å²) in [7, 11) is 0. The number of nitrogens with one attached hydrogen (secondary N) is 1. The number of nitrogens with zero attached hydrogens (tertiary/aromatic N) is 3. The standard InChI is InChI=1S/C20H19N3O.C4H9N/c21-14-15-3-5-16(6-4-15)17-7-8-19-18(13-17)22-20(24-19)9-12-23-10-1-2-11-23;1-2-4-5-3-1/h3-8,13H,1-2,9-12H2;5H,1-4H2. The van der Waals surface area contributed by atoms with Crippen LogP contribution in [0.5, 0.6) is 0 Å². The van der Waals surface area contributed by atoms with Crippen molar-refractivity contribution in [2.24, 2.45) is 0 Å². The monoisotopic (exact) mass is 388 g/mol. The molecular weight excluding hydrogens is 360 g/mol. The third-order valence-corrected chi connectivity index (χ3v) is 5.58. The van der Waals surface area contributed by atoms with Crippen molar-refractivity contribution in [3.05, 3.63) is 53.9 Å². The van der Waals surface area contributed by atoms with Crippen LogP contribution < -0.4 is 5.32 Å². The van der Waals surface area contributed by atoms with Crippen LogP contribution in [0.2, 0.25) is 0 Å². The Bertz CT molecular complexity index is 953. The Kier molecular flexibility index (Phi) is 6.56. The second kappa shape index (κ2) is 9.69. The molecule has 5 rings (SSSR count). The van der Waals surface area contributed by atoms with E-state index in [4.69, 9.17) is 9.68 Å². The van der Waals surface area contributed by atoms with Crippen LogP contribution >= 0.6 is 0 Å². The lowest BCUT2D eigenvalue weighted by atomic mass is 10.0. The van der Waals surface area contributed by atoms with Crippen molar-refractivity contribution in [1.82, 2.24) is 15.2 Å². The van der Waals surface area contributed by atoms with Gasteiger partial charge in [-0.3, -0.25) is 0 Å². The molecule has 3 aromatic rings. The van der Waals surface area contributed by atoms with Gasteiger partial charge in [0.1, 0.15) is 5.52 Å². The first-order valence-electron chi connectivity index (χ1n) is 10.6. The minimum absolute atomic E-state index is 0.672. The van der Waals surface area contributed by atoms with Crippen molar-refractivity contribution in [3.8, 4) is 17.2 Å². The largest absolute Gasteiger partial charge is 0.441 e. The zero-order valence-electron chi connectivity index (χ0n) is 16.9. The summed E-state index contributed by atoms with van der Waals surface area (Å²) in [5.41, 5.74) is 4.58. The number of benzene rings is 2. The van der Waals surface area contributed by atoms with E-state index in [2.05, 4.69) is 27.3 Å². The Balaban J connectivity index is 0.000000359. The van der Waals surface area contributed by atoms with Crippen LogP contribution in [0, 0.1) is 11.3 Å². The van der Waals surface area contributed by atoms with E-state index in [1.54, 1.807) is 0 Å². The van der Waals surface area contributed by atoms with Gasteiger partial charge in [-0.1, -0.05) is 18.2 Å². The molecule has 2 fully saturated rings. The summed E-state index contributed by atoms with van der Waals surface area (Å²) < 4.78 is 5.87. The molecule has 0 amide bonds. The van der Waals surface area contributed by atoms with E-state index in [1.807, 2.05) is 36.4 Å². The number of nitriles is 1. The fourth-order valence-electron chi connectivity index (χ4n) is 3.88. The molecule has 0 saturated carbocycles. The van der Waals surface area contributed by atoms with Crippen LogP contribution in [-0.2, 0) is 6.42 Å². The lowest BCUT2D eigenvalue weighted by Gasteiger charge is -2.12. The molecule has 0 spiro atoms. The zero-order valence-corrected chi connectivity index (χ0v) is 16.9. The van der Waals surface area contributed by atoms with Gasteiger partial charge in [0.25, 0.3) is 0 Å². The summed E-state index contributed by atoms with van der Waals surface area (Å²) in [6.45, 7) is 5.92. The average molecular weight is 389 g/mol. The number of aromatic nitrogens is 1. The van der Waals surface area contributed by atoms with Gasteiger partial charge in [0.2, 0.25) is 0 Å². The highest BCUT2D eigenvalue weighted by molar-refractivity contribution is 5.80. The van der Waals surface area contributed by atoms with Crippen LogP contribution in [0.3, 0.4) is 0 Å². The minimum Gasteiger partial charge on any atom is -0.441 e. The van der Waals surface area contributed by atoms with E-state index >= 15 is 0 Å². The van der Waals surface area contributed by atoms with Crippen molar-refractivity contribution in [1.29, 1.82) is 5.26 Å². The highest BCUT2D eigenvalue weighted by Crippen LogP contribution is 2.25. The Morgan fingerprint density at radius 3 is 2.34 bits per heavy atom. The molecule has 0 unspecified atom stereocenters. The van der Waals surface area contributed by atoms with E-state index in [1.165, 1.54) is 51.9 Å². The van der Waals surface area contributed by atoms with Gasteiger partial charge < -0.3 is 14.6 Å². The molecule has 5 nitrogen and oxygen atoms in total. The van der Waals surface area contributed by atoms with Crippen molar-refractivity contribution in [3.63, 3.8) is 0 Å². The van der Waals surface area contributed by atoms with Crippen LogP contribution in [0.1, 0.15) is 37.1 Å². The SMILES string of the molecule is C1CCNC1.N#Cc1ccc(-c2ccc3oc(CCN4CCCC4)nc3c2)cc1. The van der Waals surface area contributed by atoms with Crippen molar-refractivity contribution >= 4 is 11.1 Å². The summed E-state index contributed by atoms with van der Waals surface area (Å²) >= 11 is 0. The fourth-order valence-corrected chi connectivity index (χ4v) is 3.88. The predicted molar refractivity (Wildman–Crippen MR) is 116 cm³/mol. The third kappa shape index (κ3) is 5.23. The number of oxazole rings is 1. The fraction of sp³-hybridized carbons (Fsp3) is 0.417. The van der Waals surface area contributed by atoms with E-state index in [-0.39, 0.29) is 0 Å². The number of hydrogen-bond donors (Lipinski definition) is 1. The van der Waals surface area contributed by atoms with Gasteiger partial charge in [-0.2, -0.15) is 5.26 Å².